The maximum atomic E-state index is 13.1. The van der Waals surface area contributed by atoms with Crippen molar-refractivity contribution in [3.8, 4) is 11.9 Å². The molecule has 13 heteroatoms. The lowest BCUT2D eigenvalue weighted by molar-refractivity contribution is 0.0949. The molecule has 204 valence electrons. The molecule has 0 bridgehead atoms. The number of rotatable bonds is 10. The fourth-order valence-corrected chi connectivity index (χ4v) is 5.73. The first-order valence-electron chi connectivity index (χ1n) is 12.4. The van der Waals surface area contributed by atoms with Gasteiger partial charge in [-0.2, -0.15) is 10.4 Å². The summed E-state index contributed by atoms with van der Waals surface area (Å²) in [5.74, 6) is -0.579. The normalized spacial score (nSPS) is 13.9. The lowest BCUT2D eigenvalue weighted by atomic mass is 10.1. The van der Waals surface area contributed by atoms with Gasteiger partial charge in [-0.15, -0.1) is 5.10 Å². The number of carbonyl (C=O) groups excluding carboxylic acids is 1. The van der Waals surface area contributed by atoms with Crippen LogP contribution in [0.25, 0.3) is 10.9 Å². The molecule has 0 unspecified atom stereocenters. The molecule has 0 saturated heterocycles. The van der Waals surface area contributed by atoms with E-state index in [-0.39, 0.29) is 31.1 Å². The molecule has 0 aliphatic heterocycles. The zero-order valence-electron chi connectivity index (χ0n) is 21.5. The van der Waals surface area contributed by atoms with Gasteiger partial charge < -0.3 is 14.6 Å². The summed E-state index contributed by atoms with van der Waals surface area (Å²) in [6.07, 6.45) is 5.43. The van der Waals surface area contributed by atoms with Gasteiger partial charge in [0.05, 0.1) is 17.8 Å². The standard InChI is InChI=1S/C27H25N7O5S/c1-34-23-21(11-22(26(34)36)24(35)30-14-19-6-4-18(12-28)5-7-19)16-31-33-25(23)39-17-27(8-9-27)40(37,38)32-15-20-3-2-10-29-13-20/h2-7,10-11,13,16,32H,8-9,14-15,17H2,1H3,(H,30,35). The van der Waals surface area contributed by atoms with Crippen molar-refractivity contribution in [2.24, 2.45) is 7.05 Å². The van der Waals surface area contributed by atoms with Crippen LogP contribution in [0.3, 0.4) is 0 Å². The van der Waals surface area contributed by atoms with Crippen molar-refractivity contribution in [3.05, 3.63) is 93.7 Å². The Balaban J connectivity index is 1.31. The van der Waals surface area contributed by atoms with Crippen molar-refractivity contribution in [2.45, 2.75) is 30.7 Å². The van der Waals surface area contributed by atoms with Crippen LogP contribution in [-0.4, -0.2) is 45.4 Å². The highest BCUT2D eigenvalue weighted by molar-refractivity contribution is 7.91. The van der Waals surface area contributed by atoms with Crippen LogP contribution in [0.5, 0.6) is 5.88 Å². The van der Waals surface area contributed by atoms with Crippen LogP contribution in [0.4, 0.5) is 0 Å². The Kier molecular flexibility index (Phi) is 7.29. The van der Waals surface area contributed by atoms with Crippen molar-refractivity contribution in [1.82, 2.24) is 29.8 Å². The van der Waals surface area contributed by atoms with Gasteiger partial charge in [0, 0.05) is 37.9 Å². The molecular formula is C27H25N7O5S. The number of nitrogens with one attached hydrogen (secondary N) is 2. The smallest absolute Gasteiger partial charge is 0.263 e. The number of carbonyl (C=O) groups is 1. The number of ether oxygens (including phenoxy) is 1. The second-order valence-electron chi connectivity index (χ2n) is 9.52. The Bertz CT molecular complexity index is 1780. The van der Waals surface area contributed by atoms with Crippen LogP contribution in [0, 0.1) is 11.3 Å². The minimum absolute atomic E-state index is 0.00428. The molecule has 0 radical (unpaired) electrons. The summed E-state index contributed by atoms with van der Waals surface area (Å²) in [5, 5.41) is 20.0. The van der Waals surface area contributed by atoms with E-state index < -0.39 is 26.2 Å². The van der Waals surface area contributed by atoms with Gasteiger partial charge in [0.1, 0.15) is 22.4 Å². The van der Waals surface area contributed by atoms with E-state index in [9.17, 15) is 18.0 Å². The molecule has 1 aromatic carbocycles. The molecule has 0 spiro atoms. The summed E-state index contributed by atoms with van der Waals surface area (Å²) in [5.41, 5.74) is 1.63. The highest BCUT2D eigenvalue weighted by Gasteiger charge is 2.55. The van der Waals surface area contributed by atoms with Crippen molar-refractivity contribution < 1.29 is 17.9 Å². The minimum atomic E-state index is -3.73. The second kappa shape index (κ2) is 10.8. The summed E-state index contributed by atoms with van der Waals surface area (Å²) < 4.78 is 34.7. The van der Waals surface area contributed by atoms with Gasteiger partial charge in [-0.05, 0) is 48.2 Å². The number of aryl methyl sites for hydroxylation is 1. The predicted octanol–water partition coefficient (Wildman–Crippen LogP) is 1.56. The molecule has 1 aliphatic carbocycles. The molecule has 2 N–H and O–H groups in total. The molecule has 1 saturated carbocycles. The van der Waals surface area contributed by atoms with Crippen molar-refractivity contribution >= 4 is 26.8 Å². The SMILES string of the molecule is Cn1c(=O)c(C(=O)NCc2ccc(C#N)cc2)cc2cnnc(OCC3(S(=O)(=O)NCc4cccnc4)CC3)c21. The number of hydrogen-bond acceptors (Lipinski definition) is 9. The third-order valence-electron chi connectivity index (χ3n) is 6.81. The van der Waals surface area contributed by atoms with Crippen LogP contribution < -0.4 is 20.3 Å². The first-order valence-corrected chi connectivity index (χ1v) is 13.8. The van der Waals surface area contributed by atoms with Crippen LogP contribution in [-0.2, 0) is 30.2 Å². The van der Waals surface area contributed by atoms with E-state index in [1.54, 1.807) is 48.8 Å². The summed E-state index contributed by atoms with van der Waals surface area (Å²) in [7, 11) is -2.25. The summed E-state index contributed by atoms with van der Waals surface area (Å²) in [6.45, 7) is 0.0980. The number of nitrogens with zero attached hydrogens (tertiary/aromatic N) is 5. The van der Waals surface area contributed by atoms with Gasteiger partial charge in [0.15, 0.2) is 0 Å². The van der Waals surface area contributed by atoms with Crippen LogP contribution in [0.15, 0.2) is 65.8 Å². The van der Waals surface area contributed by atoms with Gasteiger partial charge in [0.25, 0.3) is 17.3 Å². The van der Waals surface area contributed by atoms with E-state index in [0.29, 0.717) is 29.3 Å². The lowest BCUT2D eigenvalue weighted by Crippen LogP contribution is -2.40. The Morgan fingerprint density at radius 2 is 1.93 bits per heavy atom. The fourth-order valence-electron chi connectivity index (χ4n) is 4.22. The molecule has 4 aromatic rings. The highest BCUT2D eigenvalue weighted by Crippen LogP contribution is 2.43. The second-order valence-corrected chi connectivity index (χ2v) is 11.7. The largest absolute Gasteiger partial charge is 0.473 e. The first kappa shape index (κ1) is 26.9. The van der Waals surface area contributed by atoms with Crippen LogP contribution >= 0.6 is 0 Å². The van der Waals surface area contributed by atoms with E-state index in [1.165, 1.54) is 23.9 Å². The summed E-state index contributed by atoms with van der Waals surface area (Å²) in [6, 6.07) is 13.7. The molecule has 1 amide bonds. The highest BCUT2D eigenvalue weighted by atomic mass is 32.2. The molecule has 5 rings (SSSR count). The fraction of sp³-hybridized carbons (Fsp3) is 0.259. The number of aromatic nitrogens is 4. The van der Waals surface area contributed by atoms with Crippen LogP contribution in [0.1, 0.15) is 39.9 Å². The lowest BCUT2D eigenvalue weighted by Gasteiger charge is -2.18. The average molecular weight is 560 g/mol. The Labute approximate surface area is 229 Å². The van der Waals surface area contributed by atoms with E-state index in [2.05, 4.69) is 25.2 Å². The molecule has 3 aromatic heterocycles. The molecule has 1 aliphatic rings. The number of amides is 1. The van der Waals surface area contributed by atoms with E-state index in [1.807, 2.05) is 6.07 Å². The molecule has 3 heterocycles. The van der Waals surface area contributed by atoms with Crippen molar-refractivity contribution in [3.63, 3.8) is 0 Å². The van der Waals surface area contributed by atoms with Crippen molar-refractivity contribution in [1.29, 1.82) is 5.26 Å². The third kappa shape index (κ3) is 5.40. The number of benzene rings is 1. The van der Waals surface area contributed by atoms with E-state index in [0.717, 1.165) is 11.1 Å². The quantitative estimate of drug-likeness (QED) is 0.293. The zero-order chi connectivity index (χ0) is 28.3. The third-order valence-corrected chi connectivity index (χ3v) is 9.00. The number of sulfonamides is 1. The minimum Gasteiger partial charge on any atom is -0.473 e. The van der Waals surface area contributed by atoms with Crippen molar-refractivity contribution in [2.75, 3.05) is 6.61 Å². The number of nitriles is 1. The van der Waals surface area contributed by atoms with Gasteiger partial charge in [-0.25, -0.2) is 13.1 Å². The van der Waals surface area contributed by atoms with Gasteiger partial charge in [0.2, 0.25) is 10.0 Å². The summed E-state index contributed by atoms with van der Waals surface area (Å²) in [4.78, 5) is 30.0. The Morgan fingerprint density at radius 3 is 2.60 bits per heavy atom. The zero-order valence-corrected chi connectivity index (χ0v) is 22.3. The molecule has 12 nitrogen and oxygen atoms in total. The van der Waals surface area contributed by atoms with Gasteiger partial charge in [-0.3, -0.25) is 14.6 Å². The molecule has 40 heavy (non-hydrogen) atoms. The van der Waals surface area contributed by atoms with Gasteiger partial charge >= 0.3 is 0 Å². The monoisotopic (exact) mass is 559 g/mol. The van der Waals surface area contributed by atoms with Gasteiger partial charge in [-0.1, -0.05) is 18.2 Å². The predicted molar refractivity (Wildman–Crippen MR) is 145 cm³/mol. The number of hydrogen-bond donors (Lipinski definition) is 2. The molecular weight excluding hydrogens is 534 g/mol. The Hall–Kier alpha value is -4.67. The summed E-state index contributed by atoms with van der Waals surface area (Å²) >= 11 is 0. The van der Waals surface area contributed by atoms with E-state index >= 15 is 0 Å². The molecule has 1 fully saturated rings. The number of fused-ring (bicyclic) bond motifs is 1. The van der Waals surface area contributed by atoms with E-state index in [4.69, 9.17) is 10.00 Å². The average Bonchev–Trinajstić information content (AvgIpc) is 3.78. The maximum absolute atomic E-state index is 13.1. The topological polar surface area (TPSA) is 169 Å². The van der Waals surface area contributed by atoms with Crippen LogP contribution in [0.2, 0.25) is 0 Å². The maximum Gasteiger partial charge on any atom is 0.263 e. The first-order chi connectivity index (χ1) is 19.2. The molecule has 0 atom stereocenters. The number of pyridine rings is 2. The Morgan fingerprint density at radius 1 is 1.15 bits per heavy atom.